The van der Waals surface area contributed by atoms with Crippen molar-refractivity contribution in [1.29, 1.82) is 0 Å². The van der Waals surface area contributed by atoms with Gasteiger partial charge >= 0.3 is 0 Å². The quantitative estimate of drug-likeness (QED) is 0.729. The summed E-state index contributed by atoms with van der Waals surface area (Å²) in [6.07, 6.45) is 2.77. The van der Waals surface area contributed by atoms with Crippen molar-refractivity contribution in [3.05, 3.63) is 0 Å². The van der Waals surface area contributed by atoms with E-state index in [2.05, 4.69) is 0 Å². The molecule has 0 bridgehead atoms. The van der Waals surface area contributed by atoms with Crippen LogP contribution in [0.15, 0.2) is 0 Å². The third kappa shape index (κ3) is 2.98. The Labute approximate surface area is 120 Å². The Morgan fingerprint density at radius 3 is 2.20 bits per heavy atom. The summed E-state index contributed by atoms with van der Waals surface area (Å²) < 4.78 is 26.6. The standard InChI is InChI=1S/C12H24N4O3S/c1-14(2)20(18,19)16-8-6-15(7-9-16)12(17)10-4-3-5-11(10)13/h10-11H,3-9,13H2,1-2H3. The fourth-order valence-corrected chi connectivity index (χ4v) is 3.99. The zero-order valence-electron chi connectivity index (χ0n) is 12.2. The summed E-state index contributed by atoms with van der Waals surface area (Å²) in [6.45, 7) is 1.62. The van der Waals surface area contributed by atoms with E-state index in [0.717, 1.165) is 19.3 Å². The first kappa shape index (κ1) is 15.7. The van der Waals surface area contributed by atoms with Crippen LogP contribution in [-0.4, -0.2) is 74.2 Å². The lowest BCUT2D eigenvalue weighted by atomic mass is 10.0. The second-order valence-corrected chi connectivity index (χ2v) is 7.86. The summed E-state index contributed by atoms with van der Waals surface area (Å²) in [5, 5.41) is 0. The molecule has 0 aromatic rings. The van der Waals surface area contributed by atoms with Crippen LogP contribution in [0.5, 0.6) is 0 Å². The van der Waals surface area contributed by atoms with Crippen LogP contribution in [0.2, 0.25) is 0 Å². The monoisotopic (exact) mass is 304 g/mol. The van der Waals surface area contributed by atoms with Gasteiger partial charge in [0.2, 0.25) is 5.91 Å². The number of nitrogens with zero attached hydrogens (tertiary/aromatic N) is 3. The molecule has 0 aromatic carbocycles. The van der Waals surface area contributed by atoms with Gasteiger partial charge in [-0.05, 0) is 12.8 Å². The van der Waals surface area contributed by atoms with Crippen molar-refractivity contribution >= 4 is 16.1 Å². The number of hydrogen-bond acceptors (Lipinski definition) is 4. The van der Waals surface area contributed by atoms with Crippen LogP contribution < -0.4 is 5.73 Å². The van der Waals surface area contributed by atoms with Crippen LogP contribution in [0, 0.1) is 5.92 Å². The average molecular weight is 304 g/mol. The molecule has 2 atom stereocenters. The van der Waals surface area contributed by atoms with E-state index in [-0.39, 0.29) is 17.9 Å². The van der Waals surface area contributed by atoms with Crippen LogP contribution in [0.1, 0.15) is 19.3 Å². The third-order valence-electron chi connectivity index (χ3n) is 4.22. The Morgan fingerprint density at radius 2 is 1.75 bits per heavy atom. The van der Waals surface area contributed by atoms with Gasteiger partial charge in [0.05, 0.1) is 5.92 Å². The molecule has 1 heterocycles. The highest BCUT2D eigenvalue weighted by atomic mass is 32.2. The summed E-state index contributed by atoms with van der Waals surface area (Å²) in [7, 11) is -0.338. The van der Waals surface area contributed by atoms with Crippen molar-refractivity contribution in [3.63, 3.8) is 0 Å². The molecule has 0 radical (unpaired) electrons. The molecule has 2 aliphatic rings. The fraction of sp³-hybridized carbons (Fsp3) is 0.917. The summed E-state index contributed by atoms with van der Waals surface area (Å²) in [4.78, 5) is 14.1. The van der Waals surface area contributed by atoms with Crippen LogP contribution in [-0.2, 0) is 15.0 Å². The molecule has 7 nitrogen and oxygen atoms in total. The Morgan fingerprint density at radius 1 is 1.15 bits per heavy atom. The maximum absolute atomic E-state index is 12.4. The second kappa shape index (κ2) is 5.97. The Kier molecular flexibility index (Phi) is 4.68. The van der Waals surface area contributed by atoms with Gasteiger partial charge < -0.3 is 10.6 Å². The van der Waals surface area contributed by atoms with Crippen LogP contribution >= 0.6 is 0 Å². The number of hydrogen-bond donors (Lipinski definition) is 1. The zero-order valence-corrected chi connectivity index (χ0v) is 13.0. The van der Waals surface area contributed by atoms with Gasteiger partial charge in [0.25, 0.3) is 10.2 Å². The lowest BCUT2D eigenvalue weighted by molar-refractivity contribution is -0.136. The number of nitrogens with two attached hydrogens (primary N) is 1. The molecule has 2 unspecified atom stereocenters. The normalized spacial score (nSPS) is 29.1. The first-order valence-corrected chi connectivity index (χ1v) is 8.45. The summed E-state index contributed by atoms with van der Waals surface area (Å²) in [5.74, 6) is 0.0175. The molecule has 1 amide bonds. The maximum Gasteiger partial charge on any atom is 0.281 e. The predicted octanol–water partition coefficient (Wildman–Crippen LogP) is -0.936. The van der Waals surface area contributed by atoms with Crippen molar-refractivity contribution in [1.82, 2.24) is 13.5 Å². The largest absolute Gasteiger partial charge is 0.340 e. The molecule has 0 spiro atoms. The topological polar surface area (TPSA) is 87.0 Å². The van der Waals surface area contributed by atoms with Gasteiger partial charge in [-0.25, -0.2) is 0 Å². The van der Waals surface area contributed by atoms with Crippen LogP contribution in [0.4, 0.5) is 0 Å². The van der Waals surface area contributed by atoms with E-state index in [0.29, 0.717) is 26.2 Å². The van der Waals surface area contributed by atoms with E-state index in [4.69, 9.17) is 5.73 Å². The minimum absolute atomic E-state index is 0.0361. The van der Waals surface area contributed by atoms with E-state index in [1.165, 1.54) is 22.7 Å². The summed E-state index contributed by atoms with van der Waals surface area (Å²) in [5.41, 5.74) is 5.96. The highest BCUT2D eigenvalue weighted by Crippen LogP contribution is 2.26. The summed E-state index contributed by atoms with van der Waals surface area (Å²) in [6, 6.07) is -0.0361. The van der Waals surface area contributed by atoms with Crippen molar-refractivity contribution < 1.29 is 13.2 Å². The van der Waals surface area contributed by atoms with E-state index < -0.39 is 10.2 Å². The van der Waals surface area contributed by atoms with Gasteiger partial charge in [-0.15, -0.1) is 0 Å². The lowest BCUT2D eigenvalue weighted by Gasteiger charge is -2.36. The molecular formula is C12H24N4O3S. The SMILES string of the molecule is CN(C)S(=O)(=O)N1CCN(C(=O)C2CCCC2N)CC1. The van der Waals surface area contributed by atoms with E-state index in [1.54, 1.807) is 4.90 Å². The molecular weight excluding hydrogens is 280 g/mol. The lowest BCUT2D eigenvalue weighted by Crippen LogP contribution is -2.54. The maximum atomic E-state index is 12.4. The number of carbonyl (C=O) groups excluding carboxylic acids is 1. The van der Waals surface area contributed by atoms with Gasteiger partial charge in [0.15, 0.2) is 0 Å². The zero-order chi connectivity index (χ0) is 14.9. The molecule has 1 aliphatic heterocycles. The predicted molar refractivity (Wildman–Crippen MR) is 76.1 cm³/mol. The van der Waals surface area contributed by atoms with Gasteiger partial charge in [-0.2, -0.15) is 17.0 Å². The highest BCUT2D eigenvalue weighted by Gasteiger charge is 2.36. The number of rotatable bonds is 3. The van der Waals surface area contributed by atoms with Crippen molar-refractivity contribution in [2.75, 3.05) is 40.3 Å². The Hall–Kier alpha value is -0.700. The Balaban J connectivity index is 1.93. The third-order valence-corrected chi connectivity index (χ3v) is 6.17. The van der Waals surface area contributed by atoms with Crippen molar-refractivity contribution in [3.8, 4) is 0 Å². The minimum atomic E-state index is -3.37. The van der Waals surface area contributed by atoms with Crippen molar-refractivity contribution in [2.45, 2.75) is 25.3 Å². The van der Waals surface area contributed by atoms with Gasteiger partial charge in [-0.1, -0.05) is 6.42 Å². The smallest absolute Gasteiger partial charge is 0.281 e. The van der Waals surface area contributed by atoms with Crippen molar-refractivity contribution in [2.24, 2.45) is 11.7 Å². The Bertz CT molecular complexity index is 457. The van der Waals surface area contributed by atoms with E-state index in [1.807, 2.05) is 0 Å². The molecule has 8 heteroatoms. The molecule has 2 rings (SSSR count). The van der Waals surface area contributed by atoms with Gasteiger partial charge in [0, 0.05) is 46.3 Å². The van der Waals surface area contributed by atoms with Crippen LogP contribution in [0.25, 0.3) is 0 Å². The molecule has 1 aliphatic carbocycles. The summed E-state index contributed by atoms with van der Waals surface area (Å²) >= 11 is 0. The highest BCUT2D eigenvalue weighted by molar-refractivity contribution is 7.86. The first-order valence-electron chi connectivity index (χ1n) is 7.06. The average Bonchev–Trinajstić information content (AvgIpc) is 2.84. The first-order chi connectivity index (χ1) is 9.34. The molecule has 1 saturated carbocycles. The molecule has 20 heavy (non-hydrogen) atoms. The van der Waals surface area contributed by atoms with Gasteiger partial charge in [-0.3, -0.25) is 4.79 Å². The number of amides is 1. The molecule has 0 aromatic heterocycles. The molecule has 2 fully saturated rings. The number of carbonyl (C=O) groups is 1. The molecule has 116 valence electrons. The fourth-order valence-electron chi connectivity index (χ4n) is 2.90. The second-order valence-electron chi connectivity index (χ2n) is 5.72. The van der Waals surface area contributed by atoms with E-state index >= 15 is 0 Å². The molecule has 2 N–H and O–H groups in total. The number of piperazine rings is 1. The minimum Gasteiger partial charge on any atom is -0.340 e. The van der Waals surface area contributed by atoms with E-state index in [9.17, 15) is 13.2 Å². The van der Waals surface area contributed by atoms with Gasteiger partial charge in [0.1, 0.15) is 0 Å². The molecule has 1 saturated heterocycles. The van der Waals surface area contributed by atoms with Crippen LogP contribution in [0.3, 0.4) is 0 Å².